The second-order valence-corrected chi connectivity index (χ2v) is 7.61. The van der Waals surface area contributed by atoms with Gasteiger partial charge >= 0.3 is 0 Å². The van der Waals surface area contributed by atoms with Gasteiger partial charge in [0, 0.05) is 0 Å². The molecule has 18 heavy (non-hydrogen) atoms. The van der Waals surface area contributed by atoms with Gasteiger partial charge < -0.3 is 4.74 Å². The van der Waals surface area contributed by atoms with E-state index < -0.39 is 0 Å². The van der Waals surface area contributed by atoms with Crippen LogP contribution in [0.1, 0.15) is 52.7 Å². The van der Waals surface area contributed by atoms with E-state index in [1.165, 1.54) is 11.1 Å². The van der Waals surface area contributed by atoms with Crippen LogP contribution in [0.4, 0.5) is 0 Å². The van der Waals surface area contributed by atoms with Gasteiger partial charge in [-0.3, -0.25) is 0 Å². The van der Waals surface area contributed by atoms with Gasteiger partial charge in [-0.25, -0.2) is 0 Å². The SMILES string of the molecule is CC(C)(C)COCc1ccc(CC(C)(C)C)cc1. The molecule has 0 radical (unpaired) electrons. The summed E-state index contributed by atoms with van der Waals surface area (Å²) in [5.74, 6) is 0. The molecular weight excluding hydrogens is 220 g/mol. The predicted molar refractivity (Wildman–Crippen MR) is 78.7 cm³/mol. The van der Waals surface area contributed by atoms with Crippen LogP contribution in [0.3, 0.4) is 0 Å². The highest BCUT2D eigenvalue weighted by molar-refractivity contribution is 5.22. The molecule has 0 spiro atoms. The third-order valence-corrected chi connectivity index (χ3v) is 2.56. The zero-order chi connectivity index (χ0) is 13.8. The van der Waals surface area contributed by atoms with Crippen molar-refractivity contribution in [3.8, 4) is 0 Å². The van der Waals surface area contributed by atoms with Crippen LogP contribution < -0.4 is 0 Å². The smallest absolute Gasteiger partial charge is 0.0717 e. The Balaban J connectivity index is 2.46. The quantitative estimate of drug-likeness (QED) is 0.741. The number of benzene rings is 1. The van der Waals surface area contributed by atoms with Crippen molar-refractivity contribution < 1.29 is 4.74 Å². The number of ether oxygens (including phenoxy) is 1. The van der Waals surface area contributed by atoms with E-state index in [1.807, 2.05) is 0 Å². The van der Waals surface area contributed by atoms with Crippen molar-refractivity contribution in [1.29, 1.82) is 0 Å². The van der Waals surface area contributed by atoms with Crippen LogP contribution in [-0.4, -0.2) is 6.61 Å². The van der Waals surface area contributed by atoms with E-state index in [0.717, 1.165) is 13.0 Å². The molecule has 0 aliphatic rings. The lowest BCUT2D eigenvalue weighted by Gasteiger charge is -2.19. The molecule has 0 fully saturated rings. The van der Waals surface area contributed by atoms with Crippen LogP contribution in [0.25, 0.3) is 0 Å². The highest BCUT2D eigenvalue weighted by atomic mass is 16.5. The molecule has 102 valence electrons. The fourth-order valence-electron chi connectivity index (χ4n) is 1.84. The molecule has 0 N–H and O–H groups in total. The number of hydrogen-bond donors (Lipinski definition) is 0. The molecule has 1 aromatic rings. The lowest BCUT2D eigenvalue weighted by atomic mass is 9.88. The van der Waals surface area contributed by atoms with Gasteiger partial charge in [-0.05, 0) is 28.4 Å². The Labute approximate surface area is 113 Å². The minimum absolute atomic E-state index is 0.242. The predicted octanol–water partition coefficient (Wildman–Crippen LogP) is 4.84. The molecule has 0 aliphatic carbocycles. The van der Waals surface area contributed by atoms with Gasteiger partial charge in [0.1, 0.15) is 0 Å². The van der Waals surface area contributed by atoms with Crippen molar-refractivity contribution >= 4 is 0 Å². The van der Waals surface area contributed by atoms with Gasteiger partial charge in [0.15, 0.2) is 0 Å². The first-order chi connectivity index (χ1) is 8.16. The molecule has 0 amide bonds. The second-order valence-electron chi connectivity index (χ2n) is 7.61. The first-order valence-corrected chi connectivity index (χ1v) is 6.81. The lowest BCUT2D eigenvalue weighted by molar-refractivity contribution is 0.0599. The van der Waals surface area contributed by atoms with Gasteiger partial charge in [0.05, 0.1) is 13.2 Å². The summed E-state index contributed by atoms with van der Waals surface area (Å²) in [6, 6.07) is 8.82. The minimum Gasteiger partial charge on any atom is -0.376 e. The van der Waals surface area contributed by atoms with E-state index in [-0.39, 0.29) is 5.41 Å². The topological polar surface area (TPSA) is 9.23 Å². The zero-order valence-electron chi connectivity index (χ0n) is 12.8. The Hall–Kier alpha value is -0.820. The Kier molecular flexibility index (Phi) is 4.98. The average molecular weight is 248 g/mol. The number of hydrogen-bond acceptors (Lipinski definition) is 1. The summed E-state index contributed by atoms with van der Waals surface area (Å²) >= 11 is 0. The summed E-state index contributed by atoms with van der Waals surface area (Å²) in [5, 5.41) is 0. The van der Waals surface area contributed by atoms with Crippen LogP contribution in [0, 0.1) is 10.8 Å². The van der Waals surface area contributed by atoms with Crippen molar-refractivity contribution in [2.45, 2.75) is 54.6 Å². The van der Waals surface area contributed by atoms with Crippen molar-refractivity contribution in [3.05, 3.63) is 35.4 Å². The zero-order valence-corrected chi connectivity index (χ0v) is 12.8. The molecule has 0 saturated heterocycles. The summed E-state index contributed by atoms with van der Waals surface area (Å²) < 4.78 is 5.72. The number of rotatable bonds is 4. The molecule has 1 nitrogen and oxygen atoms in total. The molecule has 1 rings (SSSR count). The normalized spacial score (nSPS) is 12.8. The maximum absolute atomic E-state index is 5.72. The molecule has 0 aliphatic heterocycles. The van der Waals surface area contributed by atoms with Crippen molar-refractivity contribution in [3.63, 3.8) is 0 Å². The van der Waals surface area contributed by atoms with Crippen LogP contribution in [0.5, 0.6) is 0 Å². The first kappa shape index (κ1) is 15.2. The lowest BCUT2D eigenvalue weighted by Crippen LogP contribution is -2.14. The van der Waals surface area contributed by atoms with Gasteiger partial charge in [-0.15, -0.1) is 0 Å². The van der Waals surface area contributed by atoms with Crippen LogP contribution in [0.2, 0.25) is 0 Å². The van der Waals surface area contributed by atoms with Gasteiger partial charge in [0.2, 0.25) is 0 Å². The molecule has 1 heteroatoms. The maximum Gasteiger partial charge on any atom is 0.0717 e. The molecule has 0 heterocycles. The Morgan fingerprint density at radius 1 is 0.778 bits per heavy atom. The Morgan fingerprint density at radius 3 is 1.72 bits per heavy atom. The standard InChI is InChI=1S/C17H28O/c1-16(2,3)11-14-7-9-15(10-8-14)12-18-13-17(4,5)6/h7-10H,11-13H2,1-6H3. The molecule has 0 unspecified atom stereocenters. The average Bonchev–Trinajstić information content (AvgIpc) is 2.16. The van der Waals surface area contributed by atoms with E-state index in [4.69, 9.17) is 4.74 Å². The highest BCUT2D eigenvalue weighted by Crippen LogP contribution is 2.21. The molecule has 0 atom stereocenters. The third-order valence-electron chi connectivity index (χ3n) is 2.56. The van der Waals surface area contributed by atoms with E-state index in [2.05, 4.69) is 65.8 Å². The molecule has 0 bridgehead atoms. The van der Waals surface area contributed by atoms with E-state index in [1.54, 1.807) is 0 Å². The maximum atomic E-state index is 5.72. The summed E-state index contributed by atoms with van der Waals surface area (Å²) in [5.41, 5.74) is 3.26. The van der Waals surface area contributed by atoms with Crippen molar-refractivity contribution in [2.75, 3.05) is 6.61 Å². The largest absolute Gasteiger partial charge is 0.376 e. The van der Waals surface area contributed by atoms with Crippen molar-refractivity contribution in [1.82, 2.24) is 0 Å². The fraction of sp³-hybridized carbons (Fsp3) is 0.647. The van der Waals surface area contributed by atoms with E-state index in [0.29, 0.717) is 12.0 Å². The van der Waals surface area contributed by atoms with E-state index in [9.17, 15) is 0 Å². The highest BCUT2D eigenvalue weighted by Gasteiger charge is 2.11. The summed E-state index contributed by atoms with van der Waals surface area (Å²) in [6.45, 7) is 14.9. The molecule has 0 aromatic heterocycles. The molecule has 0 saturated carbocycles. The van der Waals surface area contributed by atoms with Crippen LogP contribution in [0.15, 0.2) is 24.3 Å². The van der Waals surface area contributed by atoms with Crippen LogP contribution >= 0.6 is 0 Å². The van der Waals surface area contributed by atoms with Gasteiger partial charge in [-0.2, -0.15) is 0 Å². The van der Waals surface area contributed by atoms with Gasteiger partial charge in [-0.1, -0.05) is 65.8 Å². The van der Waals surface area contributed by atoms with Crippen molar-refractivity contribution in [2.24, 2.45) is 10.8 Å². The van der Waals surface area contributed by atoms with Crippen LogP contribution in [-0.2, 0) is 17.8 Å². The summed E-state index contributed by atoms with van der Waals surface area (Å²) in [4.78, 5) is 0. The summed E-state index contributed by atoms with van der Waals surface area (Å²) in [6.07, 6.45) is 1.12. The first-order valence-electron chi connectivity index (χ1n) is 6.81. The molecular formula is C17H28O. The van der Waals surface area contributed by atoms with Gasteiger partial charge in [0.25, 0.3) is 0 Å². The Morgan fingerprint density at radius 2 is 1.28 bits per heavy atom. The molecule has 1 aromatic carbocycles. The fourth-order valence-corrected chi connectivity index (χ4v) is 1.84. The minimum atomic E-state index is 0.242. The second kappa shape index (κ2) is 5.88. The summed E-state index contributed by atoms with van der Waals surface area (Å²) in [7, 11) is 0. The monoisotopic (exact) mass is 248 g/mol. The third kappa shape index (κ3) is 6.80. The Bertz CT molecular complexity index is 349. The van der Waals surface area contributed by atoms with E-state index >= 15 is 0 Å².